The molecule has 8 heteroatoms. The highest BCUT2D eigenvalue weighted by Gasteiger charge is 2.13. The van der Waals surface area contributed by atoms with E-state index in [9.17, 15) is 9.59 Å². The van der Waals surface area contributed by atoms with Crippen molar-refractivity contribution in [2.45, 2.75) is 13.0 Å². The molecule has 1 amide bonds. The van der Waals surface area contributed by atoms with Crippen molar-refractivity contribution in [1.82, 2.24) is 4.57 Å². The Morgan fingerprint density at radius 2 is 1.68 bits per heavy atom. The molecule has 0 aliphatic rings. The Morgan fingerprint density at radius 1 is 1.00 bits per heavy atom. The minimum atomic E-state index is -0.417. The lowest BCUT2D eigenvalue weighted by molar-refractivity contribution is -0.141. The van der Waals surface area contributed by atoms with Gasteiger partial charge in [-0.1, -0.05) is 23.5 Å². The van der Waals surface area contributed by atoms with Gasteiger partial charge >= 0.3 is 5.97 Å². The van der Waals surface area contributed by atoms with Gasteiger partial charge in [0.15, 0.2) is 4.80 Å². The van der Waals surface area contributed by atoms with Crippen LogP contribution in [0.5, 0.6) is 11.5 Å². The minimum Gasteiger partial charge on any atom is -0.497 e. The van der Waals surface area contributed by atoms with E-state index in [-0.39, 0.29) is 18.9 Å². The standard InChI is InChI=1S/C20H20N2O5S/c1-25-14-6-4-13(5-7-14)10-18(23)21-20-22(12-19(24)27-3)16-9-8-15(26-2)11-17(16)28-20/h4-9,11H,10,12H2,1-3H3. The van der Waals surface area contributed by atoms with Crippen LogP contribution in [-0.2, 0) is 27.3 Å². The monoisotopic (exact) mass is 400 g/mol. The van der Waals surface area contributed by atoms with Gasteiger partial charge in [0.05, 0.1) is 38.0 Å². The molecule has 0 aliphatic carbocycles. The molecule has 28 heavy (non-hydrogen) atoms. The number of ether oxygens (including phenoxy) is 3. The van der Waals surface area contributed by atoms with Gasteiger partial charge in [-0.2, -0.15) is 4.99 Å². The van der Waals surface area contributed by atoms with Gasteiger partial charge in [0.2, 0.25) is 0 Å². The van der Waals surface area contributed by atoms with Crippen LogP contribution in [0.25, 0.3) is 10.2 Å². The molecule has 2 aromatic carbocycles. The molecule has 3 rings (SSSR count). The second-order valence-corrected chi connectivity index (χ2v) is 6.92. The zero-order chi connectivity index (χ0) is 20.1. The maximum absolute atomic E-state index is 12.5. The van der Waals surface area contributed by atoms with Crippen molar-refractivity contribution < 1.29 is 23.8 Å². The number of fused-ring (bicyclic) bond motifs is 1. The van der Waals surface area contributed by atoms with Gasteiger partial charge in [-0.15, -0.1) is 0 Å². The average Bonchev–Trinajstić information content (AvgIpc) is 3.04. The second-order valence-electron chi connectivity index (χ2n) is 5.91. The lowest BCUT2D eigenvalue weighted by Gasteiger charge is -2.04. The summed E-state index contributed by atoms with van der Waals surface area (Å²) in [7, 11) is 4.50. The number of thiazole rings is 1. The van der Waals surface area contributed by atoms with Crippen LogP contribution in [0.3, 0.4) is 0 Å². The predicted molar refractivity (Wildman–Crippen MR) is 106 cm³/mol. The van der Waals surface area contributed by atoms with Crippen LogP contribution >= 0.6 is 11.3 Å². The molecular formula is C20H20N2O5S. The molecule has 0 fully saturated rings. The van der Waals surface area contributed by atoms with Gasteiger partial charge in [0, 0.05) is 0 Å². The third-order valence-electron chi connectivity index (χ3n) is 4.14. The first-order valence-electron chi connectivity index (χ1n) is 8.48. The van der Waals surface area contributed by atoms with Crippen LogP contribution in [-0.4, -0.2) is 37.8 Å². The van der Waals surface area contributed by atoms with Crippen molar-refractivity contribution in [2.75, 3.05) is 21.3 Å². The largest absolute Gasteiger partial charge is 0.497 e. The summed E-state index contributed by atoms with van der Waals surface area (Å²) < 4.78 is 17.7. The van der Waals surface area contributed by atoms with E-state index in [2.05, 4.69) is 4.99 Å². The lowest BCUT2D eigenvalue weighted by Crippen LogP contribution is -2.22. The van der Waals surface area contributed by atoms with Crippen molar-refractivity contribution in [3.8, 4) is 11.5 Å². The summed E-state index contributed by atoms with van der Waals surface area (Å²) in [6.07, 6.45) is 0.153. The van der Waals surface area contributed by atoms with Gasteiger partial charge in [-0.05, 0) is 35.9 Å². The lowest BCUT2D eigenvalue weighted by atomic mass is 10.1. The summed E-state index contributed by atoms with van der Waals surface area (Å²) in [4.78, 5) is 29.0. The molecule has 0 radical (unpaired) electrons. The first-order valence-corrected chi connectivity index (χ1v) is 9.30. The molecule has 1 aromatic heterocycles. The van der Waals surface area contributed by atoms with Crippen LogP contribution < -0.4 is 14.3 Å². The Balaban J connectivity index is 1.97. The first-order chi connectivity index (χ1) is 13.5. The Hall–Kier alpha value is -3.13. The van der Waals surface area contributed by atoms with E-state index in [4.69, 9.17) is 14.2 Å². The van der Waals surface area contributed by atoms with E-state index in [0.717, 1.165) is 21.5 Å². The molecule has 0 atom stereocenters. The van der Waals surface area contributed by atoms with Gasteiger partial charge in [-0.3, -0.25) is 9.59 Å². The molecular weight excluding hydrogens is 380 g/mol. The molecule has 0 unspecified atom stereocenters. The van der Waals surface area contributed by atoms with E-state index >= 15 is 0 Å². The number of methoxy groups -OCH3 is 3. The highest BCUT2D eigenvalue weighted by molar-refractivity contribution is 7.16. The fourth-order valence-electron chi connectivity index (χ4n) is 2.68. The number of carbonyl (C=O) groups excluding carboxylic acids is 2. The zero-order valence-electron chi connectivity index (χ0n) is 15.8. The van der Waals surface area contributed by atoms with Crippen LogP contribution in [0.15, 0.2) is 47.5 Å². The van der Waals surface area contributed by atoms with Gasteiger partial charge in [0.1, 0.15) is 18.0 Å². The highest BCUT2D eigenvalue weighted by atomic mass is 32.1. The van der Waals surface area contributed by atoms with Crippen LogP contribution in [0.4, 0.5) is 0 Å². The normalized spacial score (nSPS) is 11.5. The topological polar surface area (TPSA) is 79.1 Å². The SMILES string of the molecule is COC(=O)Cn1c(=NC(=O)Cc2ccc(OC)cc2)sc2cc(OC)ccc21. The molecule has 0 saturated heterocycles. The summed E-state index contributed by atoms with van der Waals surface area (Å²) >= 11 is 1.32. The Bertz CT molecular complexity index is 1070. The van der Waals surface area contributed by atoms with E-state index < -0.39 is 5.97 Å². The molecule has 7 nitrogen and oxygen atoms in total. The van der Waals surface area contributed by atoms with E-state index in [1.165, 1.54) is 18.4 Å². The smallest absolute Gasteiger partial charge is 0.325 e. The van der Waals surface area contributed by atoms with E-state index in [1.54, 1.807) is 37.0 Å². The number of aromatic nitrogens is 1. The molecule has 146 valence electrons. The molecule has 0 N–H and O–H groups in total. The average molecular weight is 400 g/mol. The number of benzene rings is 2. The second kappa shape index (κ2) is 8.71. The number of carbonyl (C=O) groups is 2. The van der Waals surface area contributed by atoms with E-state index in [1.807, 2.05) is 24.3 Å². The molecule has 3 aromatic rings. The highest BCUT2D eigenvalue weighted by Crippen LogP contribution is 2.23. The Morgan fingerprint density at radius 3 is 2.32 bits per heavy atom. The molecule has 1 heterocycles. The quantitative estimate of drug-likeness (QED) is 0.594. The van der Waals surface area contributed by atoms with Crippen molar-refractivity contribution in [3.05, 3.63) is 52.8 Å². The Labute approximate surface area is 165 Å². The Kier molecular flexibility index (Phi) is 6.10. The predicted octanol–water partition coefficient (Wildman–Crippen LogP) is 2.56. The van der Waals surface area contributed by atoms with Crippen molar-refractivity contribution in [1.29, 1.82) is 0 Å². The fraction of sp³-hybridized carbons (Fsp3) is 0.250. The number of hydrogen-bond acceptors (Lipinski definition) is 6. The van der Waals surface area contributed by atoms with Gasteiger partial charge in [0.25, 0.3) is 5.91 Å². The maximum Gasteiger partial charge on any atom is 0.325 e. The summed E-state index contributed by atoms with van der Waals surface area (Å²) in [6, 6.07) is 12.7. The number of nitrogens with zero attached hydrogens (tertiary/aromatic N) is 2. The van der Waals surface area contributed by atoms with Gasteiger partial charge in [-0.25, -0.2) is 0 Å². The van der Waals surface area contributed by atoms with Gasteiger partial charge < -0.3 is 18.8 Å². The third kappa shape index (κ3) is 4.40. The molecule has 0 bridgehead atoms. The summed E-state index contributed by atoms with van der Waals surface area (Å²) in [5, 5.41) is 0. The maximum atomic E-state index is 12.5. The minimum absolute atomic E-state index is 0.0303. The molecule has 0 aliphatic heterocycles. The first kappa shape index (κ1) is 19.6. The summed E-state index contributed by atoms with van der Waals surface area (Å²) in [5.74, 6) is 0.694. The third-order valence-corrected chi connectivity index (χ3v) is 5.18. The number of amides is 1. The molecule has 0 spiro atoms. The van der Waals surface area contributed by atoms with Crippen molar-refractivity contribution >= 4 is 33.4 Å². The number of esters is 1. The molecule has 0 saturated carbocycles. The summed E-state index contributed by atoms with van der Waals surface area (Å²) in [6.45, 7) is -0.0303. The van der Waals surface area contributed by atoms with Crippen LogP contribution in [0, 0.1) is 0 Å². The number of hydrogen-bond donors (Lipinski definition) is 0. The fourth-order valence-corrected chi connectivity index (χ4v) is 3.75. The van der Waals surface area contributed by atoms with Crippen LogP contribution in [0.1, 0.15) is 5.56 Å². The van der Waals surface area contributed by atoms with E-state index in [0.29, 0.717) is 10.6 Å². The number of rotatable bonds is 6. The van der Waals surface area contributed by atoms with Crippen molar-refractivity contribution in [3.63, 3.8) is 0 Å². The van der Waals surface area contributed by atoms with Crippen LogP contribution in [0.2, 0.25) is 0 Å². The van der Waals surface area contributed by atoms with Crippen molar-refractivity contribution in [2.24, 2.45) is 4.99 Å². The zero-order valence-corrected chi connectivity index (χ0v) is 16.6. The summed E-state index contributed by atoms with van der Waals surface area (Å²) in [5.41, 5.74) is 1.61.